The molecule has 0 aliphatic carbocycles. The van der Waals surface area contributed by atoms with E-state index in [0.717, 1.165) is 16.0 Å². The molecule has 0 fully saturated rings. The Bertz CT molecular complexity index is 674. The van der Waals surface area contributed by atoms with Crippen LogP contribution >= 0.6 is 11.3 Å². The number of aromatic nitrogens is 1. The fourth-order valence-electron chi connectivity index (χ4n) is 2.08. The highest BCUT2D eigenvalue weighted by Crippen LogP contribution is 2.32. The van der Waals surface area contributed by atoms with Gasteiger partial charge in [0.15, 0.2) is 0 Å². The number of fused-ring (bicyclic) bond motifs is 1. The van der Waals surface area contributed by atoms with Crippen LogP contribution in [0.4, 0.5) is 0 Å². The summed E-state index contributed by atoms with van der Waals surface area (Å²) < 4.78 is 0. The Hall–Kier alpha value is -1.71. The molecule has 0 bridgehead atoms. The number of thiazole rings is 1. The van der Waals surface area contributed by atoms with Crippen molar-refractivity contribution in [3.63, 3.8) is 0 Å². The van der Waals surface area contributed by atoms with Gasteiger partial charge in [0, 0.05) is 11.6 Å². The lowest BCUT2D eigenvalue weighted by Gasteiger charge is -2.21. The summed E-state index contributed by atoms with van der Waals surface area (Å²) in [6, 6.07) is 14.2. The van der Waals surface area contributed by atoms with E-state index in [4.69, 9.17) is 0 Å². The monoisotopic (exact) mass is 255 g/mol. The van der Waals surface area contributed by atoms with Gasteiger partial charge in [-0.15, -0.1) is 11.3 Å². The van der Waals surface area contributed by atoms with Crippen LogP contribution in [0.25, 0.3) is 10.8 Å². The largest absolute Gasteiger partial charge is 0.378 e. The molecule has 0 aliphatic heterocycles. The van der Waals surface area contributed by atoms with E-state index in [9.17, 15) is 5.11 Å². The standard InChI is InChI=1S/C15H13NOS/c1-15(17,14-16-8-9-18-14)13-7-6-11-4-2-3-5-12(11)10-13/h2-10,17H,1H3. The van der Waals surface area contributed by atoms with Crippen LogP contribution in [0.2, 0.25) is 0 Å². The third-order valence-corrected chi connectivity index (χ3v) is 4.14. The van der Waals surface area contributed by atoms with Gasteiger partial charge in [0.1, 0.15) is 10.6 Å². The van der Waals surface area contributed by atoms with Gasteiger partial charge >= 0.3 is 0 Å². The van der Waals surface area contributed by atoms with Gasteiger partial charge in [0.2, 0.25) is 0 Å². The van der Waals surface area contributed by atoms with Crippen LogP contribution in [0.1, 0.15) is 17.5 Å². The molecule has 3 rings (SSSR count). The SMILES string of the molecule is CC(O)(c1ccc2ccccc2c1)c1nccs1. The molecule has 2 nitrogen and oxygen atoms in total. The molecule has 0 aliphatic rings. The van der Waals surface area contributed by atoms with Crippen LogP contribution in [0.15, 0.2) is 54.0 Å². The number of nitrogens with zero attached hydrogens (tertiary/aromatic N) is 1. The number of benzene rings is 2. The summed E-state index contributed by atoms with van der Waals surface area (Å²) in [6.07, 6.45) is 1.72. The molecule has 2 aromatic carbocycles. The molecule has 90 valence electrons. The predicted octanol–water partition coefficient (Wildman–Crippen LogP) is 3.55. The van der Waals surface area contributed by atoms with Crippen molar-refractivity contribution in [1.82, 2.24) is 4.98 Å². The molecule has 0 radical (unpaired) electrons. The summed E-state index contributed by atoms with van der Waals surface area (Å²) in [7, 11) is 0. The zero-order valence-corrected chi connectivity index (χ0v) is 10.8. The van der Waals surface area contributed by atoms with Crippen molar-refractivity contribution in [3.8, 4) is 0 Å². The van der Waals surface area contributed by atoms with E-state index >= 15 is 0 Å². The Kier molecular flexibility index (Phi) is 2.65. The van der Waals surface area contributed by atoms with E-state index in [1.54, 1.807) is 13.1 Å². The predicted molar refractivity (Wildman–Crippen MR) is 74.7 cm³/mol. The first kappa shape index (κ1) is 11.4. The second-order valence-electron chi connectivity index (χ2n) is 4.47. The van der Waals surface area contributed by atoms with Gasteiger partial charge in [-0.3, -0.25) is 0 Å². The van der Waals surface area contributed by atoms with Crippen LogP contribution in [0.3, 0.4) is 0 Å². The molecule has 1 atom stereocenters. The molecule has 0 saturated heterocycles. The highest BCUT2D eigenvalue weighted by Gasteiger charge is 2.28. The van der Waals surface area contributed by atoms with Crippen molar-refractivity contribution in [2.24, 2.45) is 0 Å². The lowest BCUT2D eigenvalue weighted by molar-refractivity contribution is 0.102. The Morgan fingerprint density at radius 2 is 1.89 bits per heavy atom. The highest BCUT2D eigenvalue weighted by atomic mass is 32.1. The Morgan fingerprint density at radius 1 is 1.11 bits per heavy atom. The minimum Gasteiger partial charge on any atom is -0.378 e. The number of rotatable bonds is 2. The average Bonchev–Trinajstić information content (AvgIpc) is 2.92. The molecule has 0 saturated carbocycles. The third kappa shape index (κ3) is 1.82. The first-order valence-corrected chi connectivity index (χ1v) is 6.67. The molecule has 18 heavy (non-hydrogen) atoms. The normalized spacial score (nSPS) is 14.6. The van der Waals surface area contributed by atoms with E-state index in [1.807, 2.05) is 35.7 Å². The zero-order chi connectivity index (χ0) is 12.6. The molecule has 1 unspecified atom stereocenters. The zero-order valence-electron chi connectivity index (χ0n) is 10.00. The maximum absolute atomic E-state index is 10.7. The highest BCUT2D eigenvalue weighted by molar-refractivity contribution is 7.09. The molecular formula is C15H13NOS. The Labute approximate surface area is 110 Å². The van der Waals surface area contributed by atoms with Gasteiger partial charge in [0.05, 0.1) is 0 Å². The summed E-state index contributed by atoms with van der Waals surface area (Å²) in [5.74, 6) is 0. The molecule has 3 aromatic rings. The van der Waals surface area contributed by atoms with E-state index in [-0.39, 0.29) is 0 Å². The summed E-state index contributed by atoms with van der Waals surface area (Å²) in [5.41, 5.74) is -0.158. The molecule has 1 N–H and O–H groups in total. The van der Waals surface area contributed by atoms with Crippen LogP contribution < -0.4 is 0 Å². The Balaban J connectivity index is 2.14. The van der Waals surface area contributed by atoms with Crippen LogP contribution in [-0.4, -0.2) is 10.1 Å². The summed E-state index contributed by atoms with van der Waals surface area (Å²) in [5, 5.41) is 15.6. The molecule has 0 amide bonds. The van der Waals surface area contributed by atoms with Gasteiger partial charge in [-0.05, 0) is 29.3 Å². The minimum absolute atomic E-state index is 0.720. The lowest BCUT2D eigenvalue weighted by Crippen LogP contribution is -2.22. The van der Waals surface area contributed by atoms with Crippen molar-refractivity contribution in [3.05, 3.63) is 64.6 Å². The summed E-state index contributed by atoms with van der Waals surface area (Å²) in [4.78, 5) is 4.21. The quantitative estimate of drug-likeness (QED) is 0.759. The maximum atomic E-state index is 10.7. The van der Waals surface area contributed by atoms with Crippen molar-refractivity contribution in [2.45, 2.75) is 12.5 Å². The molecule has 3 heteroatoms. The van der Waals surface area contributed by atoms with Gasteiger partial charge in [0.25, 0.3) is 0 Å². The van der Waals surface area contributed by atoms with Crippen LogP contribution in [0, 0.1) is 0 Å². The van der Waals surface area contributed by atoms with Crippen LogP contribution in [-0.2, 0) is 5.60 Å². The first-order valence-electron chi connectivity index (χ1n) is 5.79. The van der Waals surface area contributed by atoms with E-state index in [1.165, 1.54) is 16.7 Å². The number of hydrogen-bond acceptors (Lipinski definition) is 3. The van der Waals surface area contributed by atoms with E-state index in [0.29, 0.717) is 0 Å². The fourth-order valence-corrected chi connectivity index (χ4v) is 2.80. The smallest absolute Gasteiger partial charge is 0.138 e. The minimum atomic E-state index is -1.03. The van der Waals surface area contributed by atoms with Crippen molar-refractivity contribution in [2.75, 3.05) is 0 Å². The van der Waals surface area contributed by atoms with Crippen molar-refractivity contribution in [1.29, 1.82) is 0 Å². The second kappa shape index (κ2) is 4.19. The summed E-state index contributed by atoms with van der Waals surface area (Å²) in [6.45, 7) is 1.79. The molecule has 1 heterocycles. The number of aliphatic hydroxyl groups is 1. The van der Waals surface area contributed by atoms with Crippen LogP contribution in [0.5, 0.6) is 0 Å². The first-order chi connectivity index (χ1) is 8.68. The number of hydrogen-bond donors (Lipinski definition) is 1. The van der Waals surface area contributed by atoms with E-state index < -0.39 is 5.60 Å². The maximum Gasteiger partial charge on any atom is 0.138 e. The molecule has 0 spiro atoms. The van der Waals surface area contributed by atoms with Gasteiger partial charge < -0.3 is 5.11 Å². The third-order valence-electron chi connectivity index (χ3n) is 3.16. The fraction of sp³-hybridized carbons (Fsp3) is 0.133. The summed E-state index contributed by atoms with van der Waals surface area (Å²) >= 11 is 1.47. The average molecular weight is 255 g/mol. The topological polar surface area (TPSA) is 33.1 Å². The van der Waals surface area contributed by atoms with E-state index in [2.05, 4.69) is 17.1 Å². The molecular weight excluding hydrogens is 242 g/mol. The van der Waals surface area contributed by atoms with Gasteiger partial charge in [-0.25, -0.2) is 4.98 Å². The van der Waals surface area contributed by atoms with Crippen molar-refractivity contribution >= 4 is 22.1 Å². The molecule has 1 aromatic heterocycles. The lowest BCUT2D eigenvalue weighted by atomic mass is 9.94. The van der Waals surface area contributed by atoms with Gasteiger partial charge in [-0.1, -0.05) is 36.4 Å². The second-order valence-corrected chi connectivity index (χ2v) is 5.37. The Morgan fingerprint density at radius 3 is 2.61 bits per heavy atom. The van der Waals surface area contributed by atoms with Crippen molar-refractivity contribution < 1.29 is 5.11 Å². The van der Waals surface area contributed by atoms with Gasteiger partial charge in [-0.2, -0.15) is 0 Å².